The first-order chi connectivity index (χ1) is 31.2. The van der Waals surface area contributed by atoms with Crippen LogP contribution in [0.5, 0.6) is 11.5 Å². The second-order valence-electron chi connectivity index (χ2n) is 18.4. The van der Waals surface area contributed by atoms with Crippen LogP contribution in [0.15, 0.2) is 41.8 Å². The summed E-state index contributed by atoms with van der Waals surface area (Å²) in [7, 11) is -2.94. The number of hydrogen-bond acceptors (Lipinski definition) is 12. The zero-order chi connectivity index (χ0) is 46.0. The Morgan fingerprint density at radius 2 is 1.80 bits per heavy atom. The second kappa shape index (κ2) is 19.9. The Balaban J connectivity index is 1.14. The highest BCUT2D eigenvalue weighted by Crippen LogP contribution is 2.75. The van der Waals surface area contributed by atoms with Crippen molar-refractivity contribution in [3.05, 3.63) is 64.0 Å². The highest BCUT2D eigenvalue weighted by molar-refractivity contribution is 7.59. The Bertz CT molecular complexity index is 2450. The monoisotopic (exact) mass is 955 g/mol. The molecule has 8 rings (SSSR count). The molecule has 4 aliphatic rings. The van der Waals surface area contributed by atoms with Crippen LogP contribution in [0.25, 0.3) is 22.3 Å². The number of ketones is 1. The van der Waals surface area contributed by atoms with E-state index < -0.39 is 71.6 Å². The number of aromatic nitrogens is 2. The minimum absolute atomic E-state index is 0.0256. The first-order valence-corrected chi connectivity index (χ1v) is 25.8. The van der Waals surface area contributed by atoms with Gasteiger partial charge in [0.1, 0.15) is 46.1 Å². The number of ether oxygens (including phenoxy) is 3. The molecular weight excluding hydrogens is 899 g/mol. The molecule has 13 nitrogen and oxygen atoms in total. The zero-order valence-corrected chi connectivity index (χ0v) is 39.4. The van der Waals surface area contributed by atoms with Gasteiger partial charge in [-0.2, -0.15) is 0 Å². The van der Waals surface area contributed by atoms with Crippen LogP contribution < -0.4 is 20.1 Å². The van der Waals surface area contributed by atoms with E-state index in [1.165, 1.54) is 29.4 Å². The van der Waals surface area contributed by atoms with Crippen LogP contribution in [0.1, 0.15) is 96.5 Å². The molecule has 0 spiro atoms. The van der Waals surface area contributed by atoms with Gasteiger partial charge in [-0.15, -0.1) is 11.3 Å². The average Bonchev–Trinajstić information content (AvgIpc) is 3.68. The minimum Gasteiger partial charge on any atom is -0.495 e. The molecule has 6 atom stereocenters. The van der Waals surface area contributed by atoms with E-state index in [0.29, 0.717) is 58.3 Å². The predicted molar refractivity (Wildman–Crippen MR) is 246 cm³/mol. The lowest BCUT2D eigenvalue weighted by Crippen LogP contribution is -2.47. The first kappa shape index (κ1) is 47.3. The lowest BCUT2D eigenvalue weighted by Gasteiger charge is -2.30. The third-order valence-electron chi connectivity index (χ3n) is 13.4. The summed E-state index contributed by atoms with van der Waals surface area (Å²) in [6.07, 6.45) is 4.25. The van der Waals surface area contributed by atoms with Crippen LogP contribution in [0.4, 0.5) is 13.9 Å². The van der Waals surface area contributed by atoms with Crippen LogP contribution >= 0.6 is 30.3 Å². The van der Waals surface area contributed by atoms with Gasteiger partial charge in [-0.25, -0.2) is 18.7 Å². The number of esters is 1. The number of rotatable bonds is 12. The van der Waals surface area contributed by atoms with Crippen LogP contribution in [0.2, 0.25) is 5.02 Å². The SMILES string of the molecule is COc1ccc2c(O[C@@H]3C[C@H]4C(=O)C[C@]5(P(=O)(O)Cc6c(F)cccc6F)C[C@H]5CCCCCNC[C@H](CC(=O)OC5CCCC5)C(=O)N4C3)cc(-c3csc(NC(C)C)n3)nc2c1Cl. The number of benzene rings is 2. The normalized spacial score (nSPS) is 25.4. The fraction of sp³-hybridized carbons (Fsp3) is 0.553. The van der Waals surface area contributed by atoms with Gasteiger partial charge in [0.25, 0.3) is 0 Å². The highest BCUT2D eigenvalue weighted by Gasteiger charge is 2.66. The van der Waals surface area contributed by atoms with Crippen molar-refractivity contribution in [1.29, 1.82) is 0 Å². The van der Waals surface area contributed by atoms with Gasteiger partial charge in [-0.05, 0) is 95.5 Å². The van der Waals surface area contributed by atoms with Crippen LogP contribution in [0.3, 0.4) is 0 Å². The van der Waals surface area contributed by atoms with Crippen LogP contribution in [-0.2, 0) is 29.8 Å². The van der Waals surface area contributed by atoms with Crippen molar-refractivity contribution in [3.8, 4) is 22.9 Å². The van der Waals surface area contributed by atoms with Gasteiger partial charge < -0.3 is 34.6 Å². The number of nitrogens with one attached hydrogen (secondary N) is 2. The summed E-state index contributed by atoms with van der Waals surface area (Å²) in [5.74, 6) is -3.68. The van der Waals surface area contributed by atoms with Crippen molar-refractivity contribution in [1.82, 2.24) is 20.2 Å². The van der Waals surface area contributed by atoms with E-state index in [1.807, 2.05) is 19.2 Å². The first-order valence-electron chi connectivity index (χ1n) is 22.7. The van der Waals surface area contributed by atoms with Crippen molar-refractivity contribution in [3.63, 3.8) is 0 Å². The number of carbonyl (C=O) groups is 3. The Morgan fingerprint density at radius 1 is 1.05 bits per heavy atom. The van der Waals surface area contributed by atoms with Gasteiger partial charge in [0, 0.05) is 47.8 Å². The number of fused-ring (bicyclic) bond motifs is 3. The number of pyridine rings is 1. The molecule has 350 valence electrons. The number of anilines is 1. The molecule has 2 aliphatic heterocycles. The van der Waals surface area contributed by atoms with E-state index in [2.05, 4.69) is 10.6 Å². The van der Waals surface area contributed by atoms with Gasteiger partial charge in [0.05, 0.1) is 54.6 Å². The van der Waals surface area contributed by atoms with E-state index in [0.717, 1.165) is 50.7 Å². The Hall–Kier alpha value is -4.21. The largest absolute Gasteiger partial charge is 0.495 e. The zero-order valence-electron chi connectivity index (χ0n) is 37.0. The topological polar surface area (TPSA) is 169 Å². The van der Waals surface area contributed by atoms with Crippen molar-refractivity contribution in [2.75, 3.05) is 32.1 Å². The molecule has 2 aromatic carbocycles. The summed E-state index contributed by atoms with van der Waals surface area (Å²) in [5.41, 5.74) is 0.942. The fourth-order valence-corrected chi connectivity index (χ4v) is 13.7. The molecule has 4 fully saturated rings. The summed E-state index contributed by atoms with van der Waals surface area (Å²) in [5, 5.41) is 8.62. The smallest absolute Gasteiger partial charge is 0.306 e. The van der Waals surface area contributed by atoms with Crippen LogP contribution in [-0.4, -0.2) is 93.6 Å². The van der Waals surface area contributed by atoms with Crippen molar-refractivity contribution >= 4 is 64.0 Å². The number of thiazole rings is 1. The second-order valence-corrected chi connectivity index (χ2v) is 22.2. The highest BCUT2D eigenvalue weighted by atomic mass is 35.5. The maximum absolute atomic E-state index is 15.0. The lowest BCUT2D eigenvalue weighted by atomic mass is 9.99. The third-order valence-corrected chi connectivity index (χ3v) is 17.4. The Morgan fingerprint density at radius 3 is 2.54 bits per heavy atom. The Kier molecular flexibility index (Phi) is 14.5. The van der Waals surface area contributed by atoms with Gasteiger partial charge in [-0.3, -0.25) is 18.9 Å². The quantitative estimate of drug-likeness (QED) is 0.0911. The molecule has 65 heavy (non-hydrogen) atoms. The summed E-state index contributed by atoms with van der Waals surface area (Å²) in [6.45, 7) is 4.72. The number of carbonyl (C=O) groups excluding carboxylic acids is 3. The molecule has 2 saturated heterocycles. The van der Waals surface area contributed by atoms with E-state index in [4.69, 9.17) is 35.8 Å². The number of methoxy groups -OCH3 is 1. The van der Waals surface area contributed by atoms with E-state index in [-0.39, 0.29) is 61.9 Å². The molecule has 2 aromatic heterocycles. The molecule has 3 N–H and O–H groups in total. The summed E-state index contributed by atoms with van der Waals surface area (Å²) < 4.78 is 62.7. The molecule has 0 radical (unpaired) electrons. The number of halogens is 3. The third kappa shape index (κ3) is 10.4. The predicted octanol–water partition coefficient (Wildman–Crippen LogP) is 9.31. The molecule has 1 unspecified atom stereocenters. The maximum Gasteiger partial charge on any atom is 0.306 e. The van der Waals surface area contributed by atoms with E-state index >= 15 is 0 Å². The number of hydrogen-bond donors (Lipinski definition) is 3. The molecule has 2 aliphatic carbocycles. The summed E-state index contributed by atoms with van der Waals surface area (Å²) >= 11 is 8.30. The van der Waals surface area contributed by atoms with E-state index in [9.17, 15) is 32.6 Å². The molecule has 4 heterocycles. The van der Waals surface area contributed by atoms with Crippen LogP contribution in [0, 0.1) is 23.5 Å². The van der Waals surface area contributed by atoms with E-state index in [1.54, 1.807) is 18.2 Å². The Labute approximate surface area is 386 Å². The van der Waals surface area contributed by atoms with Gasteiger partial charge >= 0.3 is 5.97 Å². The van der Waals surface area contributed by atoms with Gasteiger partial charge in [0.2, 0.25) is 13.3 Å². The average molecular weight is 956 g/mol. The number of Topliss-reactive ketones (excluding diaryl/α,β-unsaturated/α-hetero) is 1. The summed E-state index contributed by atoms with van der Waals surface area (Å²) in [4.78, 5) is 66.3. The van der Waals surface area contributed by atoms with Gasteiger partial charge in [0.15, 0.2) is 10.9 Å². The fourth-order valence-electron chi connectivity index (χ4n) is 9.91. The van der Waals surface area contributed by atoms with Crippen molar-refractivity contribution in [2.45, 2.75) is 127 Å². The molecular formula is C47H57ClF2N5O8PS. The van der Waals surface area contributed by atoms with Crippen molar-refractivity contribution in [2.24, 2.45) is 11.8 Å². The molecule has 4 aromatic rings. The summed E-state index contributed by atoms with van der Waals surface area (Å²) in [6, 6.07) is 7.56. The molecule has 1 amide bonds. The van der Waals surface area contributed by atoms with Gasteiger partial charge in [-0.1, -0.05) is 30.5 Å². The maximum atomic E-state index is 15.0. The number of nitrogens with zero attached hydrogens (tertiary/aromatic N) is 3. The molecule has 2 saturated carbocycles. The molecule has 0 bridgehead atoms. The number of amides is 1. The minimum atomic E-state index is -4.45. The lowest BCUT2D eigenvalue weighted by molar-refractivity contribution is -0.153. The standard InChI is InChI=1S/C47H57ClF2N5O8PS/c1-27(2)52-46-54-37(26-65-46)36-20-41(32-15-16-40(61-3)43(48)44(32)53-36)62-31-19-38-39(56)22-47(64(59,60)25-33-34(49)13-9-14-35(33)50)21-29(47)10-5-4-8-17-51-23-28(45(58)55(38)24-31)18-42(57)63-30-11-6-7-12-30/h9,13-16,20,26-31,38,51H,4-8,10-12,17-19,21-25H2,1-3H3,(H,52,54)(H,59,60)/t28-,29+,31+,38-,47+/m0/s1. The van der Waals surface area contributed by atoms with Crippen molar-refractivity contribution < 1.29 is 46.8 Å². The molecule has 18 heteroatoms.